The monoisotopic (exact) mass is 161 g/mol. The summed E-state index contributed by atoms with van der Waals surface area (Å²) in [6, 6.07) is 0. The van der Waals surface area contributed by atoms with Gasteiger partial charge in [-0.1, -0.05) is 6.92 Å². The molecule has 2 aliphatic rings. The molecule has 0 atom stereocenters. The van der Waals surface area contributed by atoms with Crippen LogP contribution < -0.4 is 0 Å². The van der Waals surface area contributed by atoms with Crippen LogP contribution in [0.3, 0.4) is 0 Å². The average molecular weight is 161 g/mol. The van der Waals surface area contributed by atoms with Crippen LogP contribution in [-0.4, -0.2) is 30.5 Å². The minimum atomic E-state index is -2.33. The van der Waals surface area contributed by atoms with Gasteiger partial charge in [0.2, 0.25) is 5.92 Å². The Balaban J connectivity index is 1.83. The maximum absolute atomic E-state index is 12.5. The Bertz CT molecular complexity index is 163. The van der Waals surface area contributed by atoms with Crippen molar-refractivity contribution < 1.29 is 8.78 Å². The molecule has 2 fully saturated rings. The number of nitrogens with zero attached hydrogens (tertiary/aromatic N) is 1. The second-order valence-electron chi connectivity index (χ2n) is 4.01. The fourth-order valence-electron chi connectivity index (χ4n) is 2.40. The van der Waals surface area contributed by atoms with Crippen molar-refractivity contribution in [2.45, 2.75) is 25.7 Å². The molecular formula is C8H13F2N. The number of halogens is 2. The van der Waals surface area contributed by atoms with Gasteiger partial charge in [0.15, 0.2) is 0 Å². The topological polar surface area (TPSA) is 3.24 Å². The van der Waals surface area contributed by atoms with E-state index in [4.69, 9.17) is 0 Å². The van der Waals surface area contributed by atoms with E-state index in [0.29, 0.717) is 0 Å². The molecule has 1 heterocycles. The maximum Gasteiger partial charge on any atom is 0.249 e. The molecule has 64 valence electrons. The van der Waals surface area contributed by atoms with Gasteiger partial charge in [-0.15, -0.1) is 0 Å². The lowest BCUT2D eigenvalue weighted by atomic mass is 9.61. The molecule has 3 heteroatoms. The summed E-state index contributed by atoms with van der Waals surface area (Å²) in [6.07, 6.45) is 0.271. The van der Waals surface area contributed by atoms with E-state index in [2.05, 4.69) is 11.8 Å². The van der Waals surface area contributed by atoms with E-state index in [1.807, 2.05) is 0 Å². The summed E-state index contributed by atoms with van der Waals surface area (Å²) >= 11 is 0. The molecule has 1 nitrogen and oxygen atoms in total. The van der Waals surface area contributed by atoms with Crippen LogP contribution in [-0.2, 0) is 0 Å². The first-order chi connectivity index (χ1) is 5.05. The van der Waals surface area contributed by atoms with E-state index in [9.17, 15) is 8.78 Å². The van der Waals surface area contributed by atoms with E-state index in [-0.39, 0.29) is 18.3 Å². The minimum Gasteiger partial charge on any atom is -0.302 e. The third kappa shape index (κ3) is 1.06. The SMILES string of the molecule is CCN1CC2(C1)CC(F)(F)C2. The van der Waals surface area contributed by atoms with Crippen molar-refractivity contribution >= 4 is 0 Å². The van der Waals surface area contributed by atoms with Crippen molar-refractivity contribution in [1.82, 2.24) is 4.90 Å². The summed E-state index contributed by atoms with van der Waals surface area (Å²) in [6.45, 7) is 4.88. The first-order valence-electron chi connectivity index (χ1n) is 4.16. The second-order valence-corrected chi connectivity index (χ2v) is 4.01. The summed E-state index contributed by atoms with van der Waals surface area (Å²) in [4.78, 5) is 2.22. The lowest BCUT2D eigenvalue weighted by Crippen LogP contribution is -2.65. The molecule has 1 saturated heterocycles. The lowest BCUT2D eigenvalue weighted by molar-refractivity contribution is -0.212. The molecule has 1 saturated carbocycles. The van der Waals surface area contributed by atoms with Crippen LogP contribution in [0, 0.1) is 5.41 Å². The summed E-state index contributed by atoms with van der Waals surface area (Å²) in [7, 11) is 0. The largest absolute Gasteiger partial charge is 0.302 e. The van der Waals surface area contributed by atoms with Gasteiger partial charge in [0, 0.05) is 31.3 Å². The molecule has 1 aliphatic heterocycles. The first kappa shape index (κ1) is 7.47. The van der Waals surface area contributed by atoms with Crippen molar-refractivity contribution in [1.29, 1.82) is 0 Å². The smallest absolute Gasteiger partial charge is 0.249 e. The van der Waals surface area contributed by atoms with Crippen LogP contribution >= 0.6 is 0 Å². The molecule has 0 aromatic heterocycles. The third-order valence-corrected chi connectivity index (χ3v) is 2.83. The van der Waals surface area contributed by atoms with Gasteiger partial charge < -0.3 is 4.90 Å². The Kier molecular flexibility index (Phi) is 1.32. The van der Waals surface area contributed by atoms with Gasteiger partial charge in [0.25, 0.3) is 0 Å². The van der Waals surface area contributed by atoms with Gasteiger partial charge in [-0.05, 0) is 6.54 Å². The highest BCUT2D eigenvalue weighted by molar-refractivity contribution is 5.07. The van der Waals surface area contributed by atoms with Crippen molar-refractivity contribution in [3.63, 3.8) is 0 Å². The van der Waals surface area contributed by atoms with Crippen LogP contribution in [0.25, 0.3) is 0 Å². The fraction of sp³-hybridized carbons (Fsp3) is 1.00. The zero-order valence-corrected chi connectivity index (χ0v) is 6.74. The highest BCUT2D eigenvalue weighted by Crippen LogP contribution is 2.56. The number of hydrogen-bond donors (Lipinski definition) is 0. The Morgan fingerprint density at radius 1 is 1.27 bits per heavy atom. The standard InChI is InChI=1S/C8H13F2N/c1-2-11-5-7(6-11)3-8(9,10)4-7/h2-6H2,1H3. The van der Waals surface area contributed by atoms with Crippen LogP contribution in [0.1, 0.15) is 19.8 Å². The molecular weight excluding hydrogens is 148 g/mol. The minimum absolute atomic E-state index is 0.0273. The molecule has 0 unspecified atom stereocenters. The summed E-state index contributed by atoms with van der Waals surface area (Å²) in [5, 5.41) is 0. The van der Waals surface area contributed by atoms with E-state index in [1.54, 1.807) is 0 Å². The van der Waals surface area contributed by atoms with Crippen LogP contribution in [0.5, 0.6) is 0 Å². The molecule has 2 rings (SSSR count). The molecule has 0 aromatic carbocycles. The Morgan fingerprint density at radius 3 is 2.18 bits per heavy atom. The van der Waals surface area contributed by atoms with Crippen LogP contribution in [0.2, 0.25) is 0 Å². The van der Waals surface area contributed by atoms with E-state index in [0.717, 1.165) is 19.6 Å². The maximum atomic E-state index is 12.5. The molecule has 1 aliphatic carbocycles. The van der Waals surface area contributed by atoms with Gasteiger partial charge in [-0.3, -0.25) is 0 Å². The van der Waals surface area contributed by atoms with Crippen LogP contribution in [0.15, 0.2) is 0 Å². The lowest BCUT2D eigenvalue weighted by Gasteiger charge is -2.58. The summed E-state index contributed by atoms with van der Waals surface area (Å²) in [5.74, 6) is -2.33. The molecule has 11 heavy (non-hydrogen) atoms. The van der Waals surface area contributed by atoms with Gasteiger partial charge in [0.1, 0.15) is 0 Å². The van der Waals surface area contributed by atoms with Crippen molar-refractivity contribution in [2.75, 3.05) is 19.6 Å². The Morgan fingerprint density at radius 2 is 1.82 bits per heavy atom. The number of rotatable bonds is 1. The normalized spacial score (nSPS) is 33.0. The van der Waals surface area contributed by atoms with E-state index in [1.165, 1.54) is 0 Å². The number of alkyl halides is 2. The molecule has 0 aromatic rings. The highest BCUT2D eigenvalue weighted by atomic mass is 19.3. The van der Waals surface area contributed by atoms with Gasteiger partial charge in [-0.2, -0.15) is 0 Å². The molecule has 1 spiro atoms. The molecule has 0 N–H and O–H groups in total. The number of likely N-dealkylation sites (tertiary alicyclic amines) is 1. The molecule has 0 bridgehead atoms. The Labute approximate surface area is 65.4 Å². The van der Waals surface area contributed by atoms with E-state index < -0.39 is 5.92 Å². The Hall–Kier alpha value is -0.180. The zero-order chi connectivity index (χ0) is 8.11. The predicted octanol–water partition coefficient (Wildman–Crippen LogP) is 1.74. The van der Waals surface area contributed by atoms with Crippen molar-refractivity contribution in [3.8, 4) is 0 Å². The van der Waals surface area contributed by atoms with Crippen LogP contribution in [0.4, 0.5) is 8.78 Å². The predicted molar refractivity (Wildman–Crippen MR) is 38.7 cm³/mol. The first-order valence-corrected chi connectivity index (χ1v) is 4.16. The van der Waals surface area contributed by atoms with Gasteiger partial charge >= 0.3 is 0 Å². The zero-order valence-electron chi connectivity index (χ0n) is 6.74. The summed E-state index contributed by atoms with van der Waals surface area (Å²) < 4.78 is 24.9. The van der Waals surface area contributed by atoms with E-state index >= 15 is 0 Å². The van der Waals surface area contributed by atoms with Gasteiger partial charge in [0.05, 0.1) is 0 Å². The summed E-state index contributed by atoms with van der Waals surface area (Å²) in [5.41, 5.74) is 0.0273. The van der Waals surface area contributed by atoms with Crippen molar-refractivity contribution in [2.24, 2.45) is 5.41 Å². The third-order valence-electron chi connectivity index (χ3n) is 2.83. The number of hydrogen-bond acceptors (Lipinski definition) is 1. The second kappa shape index (κ2) is 1.94. The van der Waals surface area contributed by atoms with Gasteiger partial charge in [-0.25, -0.2) is 8.78 Å². The highest BCUT2D eigenvalue weighted by Gasteiger charge is 2.61. The molecule has 0 amide bonds. The molecule has 0 radical (unpaired) electrons. The quantitative estimate of drug-likeness (QED) is 0.566. The fourth-order valence-corrected chi connectivity index (χ4v) is 2.40. The average Bonchev–Trinajstić information content (AvgIpc) is 1.75. The van der Waals surface area contributed by atoms with Crippen molar-refractivity contribution in [3.05, 3.63) is 0 Å².